The minimum Gasteiger partial charge on any atom is -0.493 e. The van der Waals surface area contributed by atoms with Crippen LogP contribution in [0.1, 0.15) is 12.0 Å². The molecule has 0 radical (unpaired) electrons. The molecule has 1 saturated heterocycles. The van der Waals surface area contributed by atoms with Gasteiger partial charge in [-0.1, -0.05) is 11.6 Å². The van der Waals surface area contributed by atoms with Gasteiger partial charge in [0.15, 0.2) is 0 Å². The fraction of sp³-hybridized carbons (Fsp3) is 0.500. The second-order valence-corrected chi connectivity index (χ2v) is 4.43. The number of rotatable bonds is 4. The molecule has 96 valence electrons. The van der Waals surface area contributed by atoms with E-state index in [1.54, 1.807) is 0 Å². The smallest absolute Gasteiger partial charge is 0.123 e. The van der Waals surface area contributed by atoms with Gasteiger partial charge in [0.2, 0.25) is 0 Å². The van der Waals surface area contributed by atoms with Crippen LogP contribution >= 0.6 is 24.0 Å². The first-order valence-corrected chi connectivity index (χ1v) is 5.86. The van der Waals surface area contributed by atoms with Crippen LogP contribution in [0.4, 0.5) is 0 Å². The number of ether oxygens (including phenoxy) is 2. The zero-order valence-electron chi connectivity index (χ0n) is 9.52. The van der Waals surface area contributed by atoms with Crippen LogP contribution in [0.5, 0.6) is 5.75 Å². The second kappa shape index (κ2) is 7.07. The molecule has 2 N–H and O–H groups in total. The van der Waals surface area contributed by atoms with Crippen molar-refractivity contribution in [3.63, 3.8) is 0 Å². The first kappa shape index (κ1) is 14.6. The summed E-state index contributed by atoms with van der Waals surface area (Å²) in [5.74, 6) is 1.33. The van der Waals surface area contributed by atoms with Gasteiger partial charge >= 0.3 is 0 Å². The van der Waals surface area contributed by atoms with Crippen molar-refractivity contribution >= 4 is 24.0 Å². The van der Waals surface area contributed by atoms with Crippen molar-refractivity contribution in [1.29, 1.82) is 0 Å². The number of halogens is 2. The van der Waals surface area contributed by atoms with Crippen LogP contribution in [0, 0.1) is 5.92 Å². The van der Waals surface area contributed by atoms with Gasteiger partial charge in [0.25, 0.3) is 0 Å². The maximum atomic E-state index is 5.89. The van der Waals surface area contributed by atoms with Gasteiger partial charge < -0.3 is 15.2 Å². The average Bonchev–Trinajstić information content (AvgIpc) is 2.80. The van der Waals surface area contributed by atoms with Gasteiger partial charge in [0.1, 0.15) is 5.75 Å². The fourth-order valence-corrected chi connectivity index (χ4v) is 1.97. The molecule has 3 nitrogen and oxygen atoms in total. The van der Waals surface area contributed by atoms with Crippen molar-refractivity contribution in [3.05, 3.63) is 28.8 Å². The van der Waals surface area contributed by atoms with Gasteiger partial charge in [0.05, 0.1) is 13.2 Å². The largest absolute Gasteiger partial charge is 0.493 e. The molecule has 0 aromatic heterocycles. The zero-order chi connectivity index (χ0) is 11.4. The van der Waals surface area contributed by atoms with Crippen LogP contribution in [0.3, 0.4) is 0 Å². The maximum Gasteiger partial charge on any atom is 0.123 e. The number of hydrogen-bond donors (Lipinski definition) is 1. The summed E-state index contributed by atoms with van der Waals surface area (Å²) in [6.45, 7) is 2.77. The van der Waals surface area contributed by atoms with Gasteiger partial charge in [-0.2, -0.15) is 0 Å². The molecule has 0 bridgehead atoms. The lowest BCUT2D eigenvalue weighted by atomic mass is 10.1. The Morgan fingerprint density at radius 1 is 1.47 bits per heavy atom. The Balaban J connectivity index is 0.00000144. The minimum absolute atomic E-state index is 0. The summed E-state index contributed by atoms with van der Waals surface area (Å²) in [6.07, 6.45) is 1.07. The van der Waals surface area contributed by atoms with Crippen LogP contribution in [-0.2, 0) is 11.3 Å². The highest BCUT2D eigenvalue weighted by molar-refractivity contribution is 6.30. The van der Waals surface area contributed by atoms with E-state index >= 15 is 0 Å². The Bertz CT molecular complexity index is 354. The monoisotopic (exact) mass is 277 g/mol. The molecule has 5 heteroatoms. The molecule has 1 aliphatic heterocycles. The van der Waals surface area contributed by atoms with E-state index in [9.17, 15) is 0 Å². The molecule has 1 aromatic carbocycles. The van der Waals surface area contributed by atoms with Crippen LogP contribution < -0.4 is 10.5 Å². The molecule has 1 atom stereocenters. The molecule has 1 unspecified atom stereocenters. The molecule has 0 saturated carbocycles. The van der Waals surface area contributed by atoms with Crippen molar-refractivity contribution in [2.75, 3.05) is 19.8 Å². The van der Waals surface area contributed by atoms with E-state index < -0.39 is 0 Å². The Kier molecular flexibility index (Phi) is 6.06. The molecule has 1 fully saturated rings. The first-order chi connectivity index (χ1) is 7.79. The van der Waals surface area contributed by atoms with Gasteiger partial charge in [-0.25, -0.2) is 0 Å². The van der Waals surface area contributed by atoms with E-state index in [-0.39, 0.29) is 12.4 Å². The third-order valence-corrected chi connectivity index (χ3v) is 2.98. The van der Waals surface area contributed by atoms with Crippen LogP contribution in [-0.4, -0.2) is 19.8 Å². The number of hydrogen-bond acceptors (Lipinski definition) is 3. The van der Waals surface area contributed by atoms with E-state index in [1.165, 1.54) is 0 Å². The summed E-state index contributed by atoms with van der Waals surface area (Å²) in [7, 11) is 0. The maximum absolute atomic E-state index is 5.89. The van der Waals surface area contributed by atoms with Crippen LogP contribution in [0.2, 0.25) is 5.02 Å². The average molecular weight is 278 g/mol. The lowest BCUT2D eigenvalue weighted by Gasteiger charge is -2.13. The van der Waals surface area contributed by atoms with Crippen LogP contribution in [0.15, 0.2) is 18.2 Å². The van der Waals surface area contributed by atoms with Crippen molar-refractivity contribution in [3.8, 4) is 5.75 Å². The summed E-state index contributed by atoms with van der Waals surface area (Å²) in [6, 6.07) is 5.55. The molecule has 0 spiro atoms. The van der Waals surface area contributed by atoms with Gasteiger partial charge in [0, 0.05) is 29.7 Å². The third kappa shape index (κ3) is 4.03. The van der Waals surface area contributed by atoms with Gasteiger partial charge in [-0.3, -0.25) is 0 Å². The van der Waals surface area contributed by atoms with Crippen LogP contribution in [0.25, 0.3) is 0 Å². The highest BCUT2D eigenvalue weighted by Gasteiger charge is 2.16. The topological polar surface area (TPSA) is 44.5 Å². The first-order valence-electron chi connectivity index (χ1n) is 5.48. The normalized spacial score (nSPS) is 18.8. The van der Waals surface area contributed by atoms with Crippen molar-refractivity contribution in [1.82, 2.24) is 0 Å². The predicted molar refractivity (Wildman–Crippen MR) is 71.0 cm³/mol. The minimum atomic E-state index is 0. The molecule has 1 aliphatic rings. The predicted octanol–water partition coefficient (Wildman–Crippen LogP) is 2.64. The highest BCUT2D eigenvalue weighted by Crippen LogP contribution is 2.24. The van der Waals surface area contributed by atoms with Crippen molar-refractivity contribution in [2.24, 2.45) is 11.7 Å². The fourth-order valence-electron chi connectivity index (χ4n) is 1.77. The molecular weight excluding hydrogens is 261 g/mol. The summed E-state index contributed by atoms with van der Waals surface area (Å²) >= 11 is 5.89. The Morgan fingerprint density at radius 3 is 2.94 bits per heavy atom. The molecule has 0 amide bonds. The highest BCUT2D eigenvalue weighted by atomic mass is 35.5. The standard InChI is InChI=1S/C12H16ClNO2.ClH/c13-11-1-2-12(10(5-11)6-14)16-8-9-3-4-15-7-9;/h1-2,5,9H,3-4,6-8,14H2;1H. The summed E-state index contributed by atoms with van der Waals surface area (Å²) < 4.78 is 11.0. The van der Waals surface area contributed by atoms with E-state index in [4.69, 9.17) is 26.8 Å². The molecule has 0 aliphatic carbocycles. The van der Waals surface area contributed by atoms with E-state index in [2.05, 4.69) is 0 Å². The summed E-state index contributed by atoms with van der Waals surface area (Å²) in [4.78, 5) is 0. The molecule has 1 heterocycles. The zero-order valence-corrected chi connectivity index (χ0v) is 11.1. The van der Waals surface area contributed by atoms with E-state index in [0.717, 1.165) is 30.9 Å². The summed E-state index contributed by atoms with van der Waals surface area (Å²) in [5, 5.41) is 0.692. The van der Waals surface area contributed by atoms with Crippen molar-refractivity contribution < 1.29 is 9.47 Å². The van der Waals surface area contributed by atoms with E-state index in [1.807, 2.05) is 18.2 Å². The van der Waals surface area contributed by atoms with Gasteiger partial charge in [-0.05, 0) is 24.6 Å². The van der Waals surface area contributed by atoms with Crippen molar-refractivity contribution in [2.45, 2.75) is 13.0 Å². The molecule has 2 rings (SSSR count). The lowest BCUT2D eigenvalue weighted by Crippen LogP contribution is -2.13. The second-order valence-electron chi connectivity index (χ2n) is 4.00. The van der Waals surface area contributed by atoms with E-state index in [0.29, 0.717) is 24.1 Å². The quantitative estimate of drug-likeness (QED) is 0.920. The number of benzene rings is 1. The molecule has 1 aromatic rings. The SMILES string of the molecule is Cl.NCc1cc(Cl)ccc1OCC1CCOC1. The molecule has 17 heavy (non-hydrogen) atoms. The number of nitrogens with two attached hydrogens (primary N) is 1. The van der Waals surface area contributed by atoms with Gasteiger partial charge in [-0.15, -0.1) is 12.4 Å². The Hall–Kier alpha value is -0.480. The third-order valence-electron chi connectivity index (χ3n) is 2.74. The Labute approximate surface area is 113 Å². The Morgan fingerprint density at radius 2 is 2.29 bits per heavy atom. The lowest BCUT2D eigenvalue weighted by molar-refractivity contribution is 0.167. The molecular formula is C12H17Cl2NO2. The summed E-state index contributed by atoms with van der Waals surface area (Å²) in [5.41, 5.74) is 6.59.